The minimum atomic E-state index is -0.708. The first-order valence-corrected chi connectivity index (χ1v) is 9.70. The Morgan fingerprint density at radius 2 is 2.03 bits per heavy atom. The predicted octanol–water partition coefficient (Wildman–Crippen LogP) is 2.36. The Labute approximate surface area is 173 Å². The molecule has 1 unspecified atom stereocenters. The minimum absolute atomic E-state index is 0.191. The molecule has 0 radical (unpaired) electrons. The summed E-state index contributed by atoms with van der Waals surface area (Å²) in [6.45, 7) is 3.04. The molecule has 1 aromatic heterocycles. The molecule has 2 aromatic carbocycles. The van der Waals surface area contributed by atoms with Crippen LogP contribution in [0.4, 0.5) is 0 Å². The number of carbonyl (C=O) groups excluding carboxylic acids is 1. The van der Waals surface area contributed by atoms with Crippen LogP contribution in [0.5, 0.6) is 11.5 Å². The third-order valence-electron chi connectivity index (χ3n) is 5.15. The number of methoxy groups -OCH3 is 1. The molecular formula is C22H23N3O5. The van der Waals surface area contributed by atoms with Crippen LogP contribution in [0.3, 0.4) is 0 Å². The average molecular weight is 409 g/mol. The molecule has 1 aliphatic rings. The summed E-state index contributed by atoms with van der Waals surface area (Å²) in [7, 11) is 1.59. The van der Waals surface area contributed by atoms with E-state index in [-0.39, 0.29) is 18.3 Å². The molecule has 0 N–H and O–H groups in total. The van der Waals surface area contributed by atoms with Gasteiger partial charge in [0.15, 0.2) is 11.5 Å². The molecule has 3 aromatic rings. The maximum atomic E-state index is 13.3. The highest BCUT2D eigenvalue weighted by atomic mass is 16.7. The highest BCUT2D eigenvalue weighted by Gasteiger charge is 2.24. The van der Waals surface area contributed by atoms with Crippen molar-refractivity contribution in [2.24, 2.45) is 0 Å². The molecule has 8 heteroatoms. The number of amides is 1. The zero-order valence-electron chi connectivity index (χ0n) is 16.9. The molecule has 0 fully saturated rings. The molecule has 0 saturated heterocycles. The molecule has 2 heterocycles. The van der Waals surface area contributed by atoms with Crippen LogP contribution in [0, 0.1) is 0 Å². The first-order valence-electron chi connectivity index (χ1n) is 9.70. The fraction of sp³-hybridized carbons (Fsp3) is 0.318. The summed E-state index contributed by atoms with van der Waals surface area (Å²) in [5, 5.41) is 0.485. The summed E-state index contributed by atoms with van der Waals surface area (Å²) in [6.07, 6.45) is 1.43. The Morgan fingerprint density at radius 1 is 1.23 bits per heavy atom. The van der Waals surface area contributed by atoms with Crippen LogP contribution in [-0.2, 0) is 16.1 Å². The van der Waals surface area contributed by atoms with Crippen molar-refractivity contribution in [2.75, 3.05) is 27.1 Å². The number of carbonyl (C=O) groups is 1. The van der Waals surface area contributed by atoms with E-state index in [1.165, 1.54) is 10.9 Å². The smallest absolute Gasteiger partial charge is 0.261 e. The Hall–Kier alpha value is -3.39. The standard InChI is InChI=1S/C22H23N3O5/c1-15(25-13-23-18-6-4-3-5-17(18)22(25)27)21(26)24(9-10-28-2)12-16-7-8-19-20(11-16)30-14-29-19/h3-8,11,13,15H,9-10,12,14H2,1-2H3. The van der Waals surface area contributed by atoms with Gasteiger partial charge in [-0.3, -0.25) is 14.2 Å². The van der Waals surface area contributed by atoms with Gasteiger partial charge in [0.05, 0.1) is 23.8 Å². The van der Waals surface area contributed by atoms with Gasteiger partial charge in [-0.1, -0.05) is 18.2 Å². The molecule has 156 valence electrons. The van der Waals surface area contributed by atoms with E-state index >= 15 is 0 Å². The van der Waals surface area contributed by atoms with Gasteiger partial charge in [-0.25, -0.2) is 4.98 Å². The predicted molar refractivity (Wildman–Crippen MR) is 111 cm³/mol. The Morgan fingerprint density at radius 3 is 2.87 bits per heavy atom. The summed E-state index contributed by atoms with van der Waals surface area (Å²) < 4.78 is 17.3. The zero-order valence-corrected chi connectivity index (χ0v) is 16.9. The second-order valence-electron chi connectivity index (χ2n) is 7.09. The highest BCUT2D eigenvalue weighted by molar-refractivity contribution is 5.81. The number of rotatable bonds is 7. The zero-order chi connectivity index (χ0) is 21.1. The van der Waals surface area contributed by atoms with Crippen LogP contribution in [0.1, 0.15) is 18.5 Å². The first kappa shape index (κ1) is 19.9. The van der Waals surface area contributed by atoms with Crippen molar-refractivity contribution in [3.8, 4) is 11.5 Å². The van der Waals surface area contributed by atoms with Gasteiger partial charge in [-0.2, -0.15) is 0 Å². The summed E-state index contributed by atoms with van der Waals surface area (Å²) in [5.74, 6) is 1.16. The van der Waals surface area contributed by atoms with Crippen LogP contribution in [0.15, 0.2) is 53.6 Å². The van der Waals surface area contributed by atoms with E-state index in [9.17, 15) is 9.59 Å². The van der Waals surface area contributed by atoms with Crippen LogP contribution < -0.4 is 15.0 Å². The van der Waals surface area contributed by atoms with Crippen molar-refractivity contribution in [2.45, 2.75) is 19.5 Å². The number of para-hydroxylation sites is 1. The third-order valence-corrected chi connectivity index (χ3v) is 5.15. The van der Waals surface area contributed by atoms with Crippen LogP contribution in [0.2, 0.25) is 0 Å². The van der Waals surface area contributed by atoms with Crippen LogP contribution in [0.25, 0.3) is 10.9 Å². The normalized spacial score (nSPS) is 13.4. The molecule has 30 heavy (non-hydrogen) atoms. The van der Waals surface area contributed by atoms with E-state index < -0.39 is 6.04 Å². The van der Waals surface area contributed by atoms with Gasteiger partial charge < -0.3 is 19.1 Å². The number of fused-ring (bicyclic) bond motifs is 2. The summed E-state index contributed by atoms with van der Waals surface area (Å²) in [5.41, 5.74) is 1.27. The molecule has 0 bridgehead atoms. The maximum Gasteiger partial charge on any atom is 0.261 e. The quantitative estimate of drug-likeness (QED) is 0.596. The number of hydrogen-bond acceptors (Lipinski definition) is 6. The van der Waals surface area contributed by atoms with E-state index in [0.29, 0.717) is 42.1 Å². The maximum absolute atomic E-state index is 13.3. The van der Waals surface area contributed by atoms with Gasteiger partial charge in [0, 0.05) is 20.2 Å². The molecule has 0 spiro atoms. The van der Waals surface area contributed by atoms with E-state index in [1.54, 1.807) is 37.1 Å². The summed E-state index contributed by atoms with van der Waals surface area (Å²) in [4.78, 5) is 32.2. The summed E-state index contributed by atoms with van der Waals surface area (Å²) >= 11 is 0. The van der Waals surface area contributed by atoms with Crippen molar-refractivity contribution >= 4 is 16.8 Å². The SMILES string of the molecule is COCCN(Cc1ccc2c(c1)OCO2)C(=O)C(C)n1cnc2ccccc2c1=O. The molecule has 1 amide bonds. The Kier molecular flexibility index (Phi) is 5.67. The van der Waals surface area contributed by atoms with Gasteiger partial charge in [0.1, 0.15) is 6.04 Å². The number of ether oxygens (including phenoxy) is 3. The van der Waals surface area contributed by atoms with Crippen molar-refractivity contribution in [3.05, 3.63) is 64.7 Å². The van der Waals surface area contributed by atoms with E-state index in [4.69, 9.17) is 14.2 Å². The average Bonchev–Trinajstić information content (AvgIpc) is 3.24. The van der Waals surface area contributed by atoms with E-state index in [1.807, 2.05) is 24.3 Å². The lowest BCUT2D eigenvalue weighted by molar-refractivity contribution is -0.135. The number of hydrogen-bond donors (Lipinski definition) is 0. The van der Waals surface area contributed by atoms with Gasteiger partial charge in [-0.15, -0.1) is 0 Å². The van der Waals surface area contributed by atoms with Gasteiger partial charge in [0.25, 0.3) is 5.56 Å². The van der Waals surface area contributed by atoms with Crippen molar-refractivity contribution < 1.29 is 19.0 Å². The van der Waals surface area contributed by atoms with Gasteiger partial charge >= 0.3 is 0 Å². The second-order valence-corrected chi connectivity index (χ2v) is 7.09. The molecular weight excluding hydrogens is 386 g/mol. The first-order chi connectivity index (χ1) is 14.6. The lowest BCUT2D eigenvalue weighted by atomic mass is 10.1. The lowest BCUT2D eigenvalue weighted by Crippen LogP contribution is -2.40. The summed E-state index contributed by atoms with van der Waals surface area (Å²) in [6, 6.07) is 12.0. The van der Waals surface area contributed by atoms with Gasteiger partial charge in [0.2, 0.25) is 12.7 Å². The number of aromatic nitrogens is 2. The molecule has 8 nitrogen and oxygen atoms in total. The second kappa shape index (κ2) is 8.54. The number of nitrogens with zero attached hydrogens (tertiary/aromatic N) is 3. The minimum Gasteiger partial charge on any atom is -0.454 e. The van der Waals surface area contributed by atoms with Crippen LogP contribution >= 0.6 is 0 Å². The Balaban J connectivity index is 1.60. The molecule has 1 aliphatic heterocycles. The Bertz CT molecular complexity index is 1130. The van der Waals surface area contributed by atoms with Gasteiger partial charge in [-0.05, 0) is 36.8 Å². The highest BCUT2D eigenvalue weighted by Crippen LogP contribution is 2.33. The largest absolute Gasteiger partial charge is 0.454 e. The van der Waals surface area contributed by atoms with Crippen molar-refractivity contribution in [3.63, 3.8) is 0 Å². The number of benzene rings is 2. The van der Waals surface area contributed by atoms with Crippen molar-refractivity contribution in [1.82, 2.24) is 14.5 Å². The molecule has 0 saturated carbocycles. The topological polar surface area (TPSA) is 82.9 Å². The molecule has 4 rings (SSSR count). The lowest BCUT2D eigenvalue weighted by Gasteiger charge is -2.26. The molecule has 0 aliphatic carbocycles. The third kappa shape index (κ3) is 3.86. The van der Waals surface area contributed by atoms with E-state index in [0.717, 1.165) is 5.56 Å². The van der Waals surface area contributed by atoms with Crippen LogP contribution in [-0.4, -0.2) is 47.4 Å². The molecule has 1 atom stereocenters. The van der Waals surface area contributed by atoms with E-state index in [2.05, 4.69) is 4.98 Å². The monoisotopic (exact) mass is 409 g/mol. The van der Waals surface area contributed by atoms with Crippen molar-refractivity contribution in [1.29, 1.82) is 0 Å². The fourth-order valence-corrected chi connectivity index (χ4v) is 3.47. The fourth-order valence-electron chi connectivity index (χ4n) is 3.47.